The Bertz CT molecular complexity index is 1510. The standard InChI is InChI=1S/C30H25BrFNO5/c1-4-37-30(35)24-16(2)33-27-20-7-5-6-8-21(20)28(34)26(27)25(24)18-13-22(31)29(23(14-18)36-3)38-15-17-9-11-19(32)12-10-17/h5-14,25,33H,4,15H2,1-3H3. The Hall–Kier alpha value is -3.91. The SMILES string of the molecule is CCOC(=O)C1=C(C)NC2=C(C(=O)c3ccccc32)C1c1cc(Br)c(OCc2ccc(F)cc2)c(OC)c1. The Kier molecular flexibility index (Phi) is 7.08. The van der Waals surface area contributed by atoms with Gasteiger partial charge in [0.1, 0.15) is 12.4 Å². The summed E-state index contributed by atoms with van der Waals surface area (Å²) in [5.74, 6) is -0.791. The number of halogens is 2. The van der Waals surface area contributed by atoms with Crippen molar-refractivity contribution in [2.24, 2.45) is 0 Å². The number of fused-ring (bicyclic) bond motifs is 2. The lowest BCUT2D eigenvalue weighted by Crippen LogP contribution is -2.29. The molecule has 0 saturated carbocycles. The highest BCUT2D eigenvalue weighted by atomic mass is 79.9. The zero-order valence-corrected chi connectivity index (χ0v) is 22.6. The highest BCUT2D eigenvalue weighted by Gasteiger charge is 2.43. The molecule has 1 N–H and O–H groups in total. The van der Waals surface area contributed by atoms with Gasteiger partial charge in [-0.25, -0.2) is 9.18 Å². The van der Waals surface area contributed by atoms with Crippen LogP contribution in [-0.4, -0.2) is 25.5 Å². The number of nitrogens with one attached hydrogen (secondary N) is 1. The van der Waals surface area contributed by atoms with Gasteiger partial charge >= 0.3 is 5.97 Å². The second-order valence-corrected chi connectivity index (χ2v) is 9.78. The predicted molar refractivity (Wildman–Crippen MR) is 144 cm³/mol. The third kappa shape index (κ3) is 4.49. The maximum Gasteiger partial charge on any atom is 0.336 e. The summed E-state index contributed by atoms with van der Waals surface area (Å²) >= 11 is 3.60. The molecule has 2 aliphatic rings. The Morgan fingerprint density at radius 2 is 1.79 bits per heavy atom. The number of esters is 1. The molecule has 1 aliphatic heterocycles. The van der Waals surface area contributed by atoms with Crippen LogP contribution in [0.3, 0.4) is 0 Å². The summed E-state index contributed by atoms with van der Waals surface area (Å²) in [6.45, 7) is 3.94. The van der Waals surface area contributed by atoms with Gasteiger partial charge in [0.2, 0.25) is 0 Å². The molecule has 0 bridgehead atoms. The zero-order valence-electron chi connectivity index (χ0n) is 21.1. The third-order valence-electron chi connectivity index (χ3n) is 6.63. The number of ether oxygens (including phenoxy) is 3. The maximum atomic E-state index is 13.7. The number of benzene rings is 3. The van der Waals surface area contributed by atoms with Crippen LogP contribution in [0.2, 0.25) is 0 Å². The fourth-order valence-electron chi connectivity index (χ4n) is 4.92. The molecule has 1 aliphatic carbocycles. The molecule has 8 heteroatoms. The molecule has 38 heavy (non-hydrogen) atoms. The van der Waals surface area contributed by atoms with Crippen molar-refractivity contribution >= 4 is 33.4 Å². The molecule has 3 aromatic carbocycles. The third-order valence-corrected chi connectivity index (χ3v) is 7.21. The first-order valence-electron chi connectivity index (χ1n) is 12.1. The lowest BCUT2D eigenvalue weighted by atomic mass is 9.79. The van der Waals surface area contributed by atoms with Crippen LogP contribution in [0.15, 0.2) is 82.0 Å². The predicted octanol–water partition coefficient (Wildman–Crippen LogP) is 6.31. The van der Waals surface area contributed by atoms with E-state index in [1.54, 1.807) is 38.1 Å². The number of methoxy groups -OCH3 is 1. The normalized spacial score (nSPS) is 16.1. The molecule has 0 spiro atoms. The lowest BCUT2D eigenvalue weighted by Gasteiger charge is -2.30. The summed E-state index contributed by atoms with van der Waals surface area (Å²) in [5.41, 5.74) is 4.98. The first-order chi connectivity index (χ1) is 18.3. The van der Waals surface area contributed by atoms with Crippen molar-refractivity contribution in [3.8, 4) is 11.5 Å². The number of Topliss-reactive ketones (excluding diaryl/α,β-unsaturated/α-hetero) is 1. The number of hydrogen-bond donors (Lipinski definition) is 1. The summed E-state index contributed by atoms with van der Waals surface area (Å²) in [4.78, 5) is 26.9. The van der Waals surface area contributed by atoms with E-state index in [4.69, 9.17) is 14.2 Å². The van der Waals surface area contributed by atoms with E-state index in [1.807, 2.05) is 24.3 Å². The molecule has 1 unspecified atom stereocenters. The maximum absolute atomic E-state index is 13.7. The van der Waals surface area contributed by atoms with Gasteiger partial charge in [-0.3, -0.25) is 4.79 Å². The molecule has 0 saturated heterocycles. The Labute approximate surface area is 228 Å². The molecule has 6 nitrogen and oxygen atoms in total. The number of rotatable bonds is 7. The molecular weight excluding hydrogens is 553 g/mol. The molecule has 1 heterocycles. The summed E-state index contributed by atoms with van der Waals surface area (Å²) in [5, 5.41) is 3.29. The van der Waals surface area contributed by atoms with Gasteiger partial charge in [-0.05, 0) is 65.2 Å². The first kappa shape index (κ1) is 25.7. The smallest absolute Gasteiger partial charge is 0.336 e. The minimum absolute atomic E-state index is 0.144. The Morgan fingerprint density at radius 3 is 2.47 bits per heavy atom. The van der Waals surface area contributed by atoms with Gasteiger partial charge in [0, 0.05) is 28.3 Å². The zero-order chi connectivity index (χ0) is 27.0. The Balaban J connectivity index is 1.60. The van der Waals surface area contributed by atoms with E-state index >= 15 is 0 Å². The van der Waals surface area contributed by atoms with Crippen LogP contribution in [0.4, 0.5) is 4.39 Å². The quantitative estimate of drug-likeness (QED) is 0.332. The van der Waals surface area contributed by atoms with Crippen LogP contribution < -0.4 is 14.8 Å². The van der Waals surface area contributed by atoms with Crippen molar-refractivity contribution in [3.05, 3.63) is 110 Å². The highest BCUT2D eigenvalue weighted by molar-refractivity contribution is 9.10. The van der Waals surface area contributed by atoms with Crippen LogP contribution in [0, 0.1) is 5.82 Å². The molecule has 194 valence electrons. The van der Waals surface area contributed by atoms with Crippen LogP contribution in [0.5, 0.6) is 11.5 Å². The molecule has 0 aromatic heterocycles. The van der Waals surface area contributed by atoms with E-state index < -0.39 is 11.9 Å². The minimum atomic E-state index is -0.693. The largest absolute Gasteiger partial charge is 0.493 e. The topological polar surface area (TPSA) is 73.9 Å². The van der Waals surface area contributed by atoms with E-state index in [2.05, 4.69) is 21.2 Å². The fraction of sp³-hybridized carbons (Fsp3) is 0.200. The van der Waals surface area contributed by atoms with Gasteiger partial charge in [0.05, 0.1) is 29.5 Å². The van der Waals surface area contributed by atoms with E-state index in [9.17, 15) is 14.0 Å². The summed E-state index contributed by atoms with van der Waals surface area (Å²) in [6.07, 6.45) is 0. The van der Waals surface area contributed by atoms with Gasteiger partial charge in [-0.1, -0.05) is 36.4 Å². The average molecular weight is 578 g/mol. The number of carbonyl (C=O) groups is 2. The van der Waals surface area contributed by atoms with Gasteiger partial charge < -0.3 is 19.5 Å². The number of carbonyl (C=O) groups excluding carboxylic acids is 2. The molecule has 3 aromatic rings. The average Bonchev–Trinajstić information content (AvgIpc) is 3.19. The number of hydrogen-bond acceptors (Lipinski definition) is 6. The molecule has 0 amide bonds. The van der Waals surface area contributed by atoms with Crippen LogP contribution >= 0.6 is 15.9 Å². The summed E-state index contributed by atoms with van der Waals surface area (Å²) in [6, 6.07) is 17.0. The number of dihydropyridines is 1. The van der Waals surface area contributed by atoms with E-state index in [0.717, 1.165) is 11.1 Å². The van der Waals surface area contributed by atoms with Gasteiger partial charge in [-0.2, -0.15) is 0 Å². The molecular formula is C30H25BrFNO5. The minimum Gasteiger partial charge on any atom is -0.493 e. The summed E-state index contributed by atoms with van der Waals surface area (Å²) in [7, 11) is 1.52. The highest BCUT2D eigenvalue weighted by Crippen LogP contribution is 2.49. The summed E-state index contributed by atoms with van der Waals surface area (Å²) < 4.78 is 31.0. The van der Waals surface area contributed by atoms with Gasteiger partial charge in [0.25, 0.3) is 0 Å². The molecule has 0 fully saturated rings. The van der Waals surface area contributed by atoms with Crippen molar-refractivity contribution in [3.63, 3.8) is 0 Å². The van der Waals surface area contributed by atoms with Crippen LogP contribution in [0.1, 0.15) is 46.8 Å². The number of ketones is 1. The molecule has 0 radical (unpaired) electrons. The van der Waals surface area contributed by atoms with Gasteiger partial charge in [-0.15, -0.1) is 0 Å². The van der Waals surface area contributed by atoms with Crippen LogP contribution in [0.25, 0.3) is 5.70 Å². The monoisotopic (exact) mass is 577 g/mol. The van der Waals surface area contributed by atoms with Crippen molar-refractivity contribution in [1.82, 2.24) is 5.32 Å². The van der Waals surface area contributed by atoms with Crippen molar-refractivity contribution in [2.75, 3.05) is 13.7 Å². The fourth-order valence-corrected chi connectivity index (χ4v) is 5.50. The lowest BCUT2D eigenvalue weighted by molar-refractivity contribution is -0.138. The van der Waals surface area contributed by atoms with Crippen molar-refractivity contribution in [1.29, 1.82) is 0 Å². The van der Waals surface area contributed by atoms with E-state index in [-0.39, 0.29) is 24.8 Å². The second kappa shape index (κ2) is 10.5. The van der Waals surface area contributed by atoms with E-state index in [0.29, 0.717) is 49.6 Å². The van der Waals surface area contributed by atoms with Crippen LogP contribution in [-0.2, 0) is 16.1 Å². The van der Waals surface area contributed by atoms with E-state index in [1.165, 1.54) is 19.2 Å². The second-order valence-electron chi connectivity index (χ2n) is 8.93. The molecule has 5 rings (SSSR count). The Morgan fingerprint density at radius 1 is 1.08 bits per heavy atom. The molecule has 1 atom stereocenters. The first-order valence-corrected chi connectivity index (χ1v) is 12.9. The number of allylic oxidation sites excluding steroid dienone is 2. The van der Waals surface area contributed by atoms with Crippen molar-refractivity contribution < 1.29 is 28.2 Å². The van der Waals surface area contributed by atoms with Crippen molar-refractivity contribution in [2.45, 2.75) is 26.4 Å². The van der Waals surface area contributed by atoms with Gasteiger partial charge in [0.15, 0.2) is 17.3 Å².